The summed E-state index contributed by atoms with van der Waals surface area (Å²) in [6.45, 7) is 0. The zero-order valence-corrected chi connectivity index (χ0v) is 8.08. The van der Waals surface area contributed by atoms with Gasteiger partial charge in [0.1, 0.15) is 11.4 Å². The molecule has 3 nitrogen and oxygen atoms in total. The van der Waals surface area contributed by atoms with Gasteiger partial charge in [-0.05, 0) is 30.4 Å². The first-order valence-electron chi connectivity index (χ1n) is 4.71. The molecule has 0 aromatic carbocycles. The molecule has 0 amide bonds. The molecule has 16 heavy (non-hydrogen) atoms. The lowest BCUT2D eigenvalue weighted by Gasteiger charge is -2.11. The Balaban J connectivity index is 2.51. The van der Waals surface area contributed by atoms with Gasteiger partial charge in [0.15, 0.2) is 0 Å². The minimum Gasteiger partial charge on any atom is -0.477 e. The molecule has 6 heteroatoms. The van der Waals surface area contributed by atoms with E-state index in [1.54, 1.807) is 0 Å². The predicted octanol–water partition coefficient (Wildman–Crippen LogP) is 2.68. The number of rotatable bonds is 2. The standard InChI is InChI=1S/C10H8F3NO2/c11-10(12,13)8-6(5-1-2-5)3-4-7(14-8)9(15)16/h3-5H,1-2H2,(H,15,16). The van der Waals surface area contributed by atoms with Gasteiger partial charge >= 0.3 is 12.1 Å². The Labute approximate surface area is 88.9 Å². The Morgan fingerprint density at radius 2 is 2.00 bits per heavy atom. The van der Waals surface area contributed by atoms with Crippen LogP contribution in [-0.2, 0) is 6.18 Å². The van der Waals surface area contributed by atoms with Gasteiger partial charge in [0.05, 0.1) is 0 Å². The van der Waals surface area contributed by atoms with Crippen LogP contribution in [0.2, 0.25) is 0 Å². The molecule has 1 aliphatic carbocycles. The number of carboxylic acid groups (broad SMARTS) is 1. The summed E-state index contributed by atoms with van der Waals surface area (Å²) in [6, 6.07) is 2.34. The molecule has 0 aliphatic heterocycles. The van der Waals surface area contributed by atoms with Crippen LogP contribution in [-0.4, -0.2) is 16.1 Å². The summed E-state index contributed by atoms with van der Waals surface area (Å²) in [5.41, 5.74) is -1.52. The number of alkyl halides is 3. The summed E-state index contributed by atoms with van der Waals surface area (Å²) in [5.74, 6) is -1.57. The van der Waals surface area contributed by atoms with Gasteiger partial charge in [-0.1, -0.05) is 6.07 Å². The third-order valence-corrected chi connectivity index (χ3v) is 2.43. The Hall–Kier alpha value is -1.59. The second-order valence-electron chi connectivity index (χ2n) is 3.71. The van der Waals surface area contributed by atoms with Crippen LogP contribution < -0.4 is 0 Å². The van der Waals surface area contributed by atoms with Crippen molar-refractivity contribution in [2.75, 3.05) is 0 Å². The maximum absolute atomic E-state index is 12.6. The van der Waals surface area contributed by atoms with Gasteiger partial charge in [0, 0.05) is 0 Å². The minimum absolute atomic E-state index is 0.109. The Kier molecular flexibility index (Phi) is 2.36. The van der Waals surface area contributed by atoms with E-state index in [9.17, 15) is 18.0 Å². The lowest BCUT2D eigenvalue weighted by atomic mass is 10.1. The Morgan fingerprint density at radius 3 is 2.44 bits per heavy atom. The van der Waals surface area contributed by atoms with E-state index in [1.165, 1.54) is 6.07 Å². The van der Waals surface area contributed by atoms with Gasteiger partial charge in [0.25, 0.3) is 0 Å². The fourth-order valence-corrected chi connectivity index (χ4v) is 1.54. The van der Waals surface area contributed by atoms with E-state index in [0.29, 0.717) is 12.8 Å². The molecule has 0 spiro atoms. The van der Waals surface area contributed by atoms with Gasteiger partial charge in [-0.2, -0.15) is 13.2 Å². The van der Waals surface area contributed by atoms with E-state index in [1.807, 2.05) is 0 Å². The molecule has 1 aromatic rings. The number of halogens is 3. The smallest absolute Gasteiger partial charge is 0.433 e. The van der Waals surface area contributed by atoms with Crippen LogP contribution >= 0.6 is 0 Å². The van der Waals surface area contributed by atoms with Crippen molar-refractivity contribution in [2.24, 2.45) is 0 Å². The molecule has 0 atom stereocenters. The number of carboxylic acids is 1. The zero-order chi connectivity index (χ0) is 11.9. The Morgan fingerprint density at radius 1 is 1.38 bits per heavy atom. The average molecular weight is 231 g/mol. The number of nitrogens with zero attached hydrogens (tertiary/aromatic N) is 1. The molecule has 0 radical (unpaired) electrons. The second-order valence-corrected chi connectivity index (χ2v) is 3.71. The molecular formula is C10H8F3NO2. The van der Waals surface area contributed by atoms with Crippen LogP contribution in [0.1, 0.15) is 40.5 Å². The minimum atomic E-state index is -4.59. The number of hydrogen-bond donors (Lipinski definition) is 1. The lowest BCUT2D eigenvalue weighted by Crippen LogP contribution is -2.14. The zero-order valence-electron chi connectivity index (χ0n) is 8.08. The van der Waals surface area contributed by atoms with E-state index in [4.69, 9.17) is 5.11 Å². The number of aromatic nitrogens is 1. The average Bonchev–Trinajstić information content (AvgIpc) is 2.98. The molecule has 0 unspecified atom stereocenters. The van der Waals surface area contributed by atoms with Gasteiger partial charge in [-0.3, -0.25) is 0 Å². The summed E-state index contributed by atoms with van der Waals surface area (Å²) in [7, 11) is 0. The fraction of sp³-hybridized carbons (Fsp3) is 0.400. The monoisotopic (exact) mass is 231 g/mol. The van der Waals surface area contributed by atoms with Crippen LogP contribution in [0.15, 0.2) is 12.1 Å². The molecule has 1 aliphatic rings. The third kappa shape index (κ3) is 2.00. The molecule has 1 heterocycles. The normalized spacial score (nSPS) is 16.2. The first-order valence-corrected chi connectivity index (χ1v) is 4.71. The number of aromatic carboxylic acids is 1. The van der Waals surface area contributed by atoms with Gasteiger partial charge in [-0.15, -0.1) is 0 Å². The van der Waals surface area contributed by atoms with E-state index in [2.05, 4.69) is 4.98 Å². The summed E-state index contributed by atoms with van der Waals surface area (Å²) in [5, 5.41) is 8.59. The largest absolute Gasteiger partial charge is 0.477 e. The van der Waals surface area contributed by atoms with Crippen molar-refractivity contribution < 1.29 is 23.1 Å². The second kappa shape index (κ2) is 3.47. The third-order valence-electron chi connectivity index (χ3n) is 2.43. The molecule has 1 N–H and O–H groups in total. The number of hydrogen-bond acceptors (Lipinski definition) is 2. The predicted molar refractivity (Wildman–Crippen MR) is 48.2 cm³/mol. The van der Waals surface area contributed by atoms with E-state index >= 15 is 0 Å². The van der Waals surface area contributed by atoms with Crippen LogP contribution in [0.3, 0.4) is 0 Å². The van der Waals surface area contributed by atoms with Crippen LogP contribution in [0.4, 0.5) is 13.2 Å². The van der Waals surface area contributed by atoms with Crippen LogP contribution in [0.5, 0.6) is 0 Å². The maximum Gasteiger partial charge on any atom is 0.433 e. The van der Waals surface area contributed by atoms with Gasteiger partial charge < -0.3 is 5.11 Å². The van der Waals surface area contributed by atoms with Crippen molar-refractivity contribution in [3.8, 4) is 0 Å². The Bertz CT molecular complexity index is 438. The van der Waals surface area contributed by atoms with Crippen molar-refractivity contribution in [2.45, 2.75) is 24.9 Å². The highest BCUT2D eigenvalue weighted by atomic mass is 19.4. The molecule has 2 rings (SSSR count). The van der Waals surface area contributed by atoms with Gasteiger partial charge in [0.2, 0.25) is 0 Å². The van der Waals surface area contributed by atoms with Crippen molar-refractivity contribution in [3.63, 3.8) is 0 Å². The van der Waals surface area contributed by atoms with Crippen molar-refractivity contribution in [1.82, 2.24) is 4.98 Å². The highest BCUT2D eigenvalue weighted by molar-refractivity contribution is 5.85. The SMILES string of the molecule is O=C(O)c1ccc(C2CC2)c(C(F)(F)F)n1. The molecule has 1 saturated carbocycles. The summed E-state index contributed by atoms with van der Waals surface area (Å²) < 4.78 is 37.9. The maximum atomic E-state index is 12.6. The summed E-state index contributed by atoms with van der Waals surface area (Å²) >= 11 is 0. The van der Waals surface area contributed by atoms with E-state index < -0.39 is 23.5 Å². The number of pyridine rings is 1. The first-order chi connectivity index (χ1) is 7.39. The van der Waals surface area contributed by atoms with E-state index in [0.717, 1.165) is 6.07 Å². The van der Waals surface area contributed by atoms with Crippen molar-refractivity contribution >= 4 is 5.97 Å². The molecular weight excluding hydrogens is 223 g/mol. The summed E-state index contributed by atoms with van der Waals surface area (Å²) in [6.07, 6.45) is -3.18. The summed E-state index contributed by atoms with van der Waals surface area (Å²) in [4.78, 5) is 13.7. The topological polar surface area (TPSA) is 50.2 Å². The molecule has 86 valence electrons. The molecule has 1 aromatic heterocycles. The first kappa shape index (κ1) is 10.9. The van der Waals surface area contributed by atoms with Crippen LogP contribution in [0, 0.1) is 0 Å². The quantitative estimate of drug-likeness (QED) is 0.851. The van der Waals surface area contributed by atoms with Crippen molar-refractivity contribution in [1.29, 1.82) is 0 Å². The van der Waals surface area contributed by atoms with Gasteiger partial charge in [-0.25, -0.2) is 9.78 Å². The molecule has 0 saturated heterocycles. The van der Waals surface area contributed by atoms with E-state index in [-0.39, 0.29) is 11.5 Å². The van der Waals surface area contributed by atoms with Crippen LogP contribution in [0.25, 0.3) is 0 Å². The highest BCUT2D eigenvalue weighted by Crippen LogP contribution is 2.45. The lowest BCUT2D eigenvalue weighted by molar-refractivity contribution is -0.141. The van der Waals surface area contributed by atoms with Crippen molar-refractivity contribution in [3.05, 3.63) is 29.1 Å². The number of carbonyl (C=O) groups is 1. The fourth-order valence-electron chi connectivity index (χ4n) is 1.54. The molecule has 1 fully saturated rings. The molecule has 0 bridgehead atoms. The highest BCUT2D eigenvalue weighted by Gasteiger charge is 2.40.